The molecule has 5 rings (SSSR count). The summed E-state index contributed by atoms with van der Waals surface area (Å²) in [5, 5.41) is 22.6. The standard InChI is InChI=1S/C32H52O4/c1-18-15-21-20(29(7)13-11-23(34)27(3,4)25(18)29)16-19(2)32(10)26(22(33)17-30(21,32)8)31(9)14-12-24(36-31)28(5,6)35/h16,18-19,21-22,24-26,33,35H,11-15,17H2,1-10H3/t18-,19?,21?,22-,24-,25?,26+,29+,30-,31+,32+/m0/s1. The van der Waals surface area contributed by atoms with Crippen LogP contribution in [0.1, 0.15) is 108 Å². The molecule has 4 heteroatoms. The van der Waals surface area contributed by atoms with Crippen LogP contribution in [0.2, 0.25) is 0 Å². The second-order valence-electron chi connectivity index (χ2n) is 15.8. The lowest BCUT2D eigenvalue weighted by atomic mass is 9.38. The number of aliphatic hydroxyl groups excluding tert-OH is 1. The quantitative estimate of drug-likeness (QED) is 0.435. The summed E-state index contributed by atoms with van der Waals surface area (Å²) < 4.78 is 6.71. The van der Waals surface area contributed by atoms with Crippen molar-refractivity contribution in [3.05, 3.63) is 11.6 Å². The van der Waals surface area contributed by atoms with Gasteiger partial charge >= 0.3 is 0 Å². The fourth-order valence-electron chi connectivity index (χ4n) is 11.3. The first kappa shape index (κ1) is 26.9. The first-order chi connectivity index (χ1) is 16.3. The molecule has 5 aliphatic rings. The number of ketones is 1. The molecule has 0 bridgehead atoms. The van der Waals surface area contributed by atoms with Gasteiger partial charge in [-0.05, 0) is 92.8 Å². The van der Waals surface area contributed by atoms with Crippen LogP contribution in [-0.2, 0) is 9.53 Å². The van der Waals surface area contributed by atoms with Crippen molar-refractivity contribution in [3.63, 3.8) is 0 Å². The van der Waals surface area contributed by atoms with Crippen molar-refractivity contribution < 1.29 is 19.7 Å². The van der Waals surface area contributed by atoms with Crippen molar-refractivity contribution in [3.8, 4) is 0 Å². The molecule has 4 fully saturated rings. The number of allylic oxidation sites excluding steroid dienone is 2. The normalized spacial score (nSPS) is 54.5. The zero-order valence-electron chi connectivity index (χ0n) is 24.6. The lowest BCUT2D eigenvalue weighted by Crippen LogP contribution is -2.61. The summed E-state index contributed by atoms with van der Waals surface area (Å²) in [4.78, 5) is 13.1. The summed E-state index contributed by atoms with van der Waals surface area (Å²) in [7, 11) is 0. The molecule has 0 aromatic heterocycles. The number of rotatable bonds is 2. The zero-order valence-corrected chi connectivity index (χ0v) is 24.6. The Bertz CT molecular complexity index is 975. The molecule has 0 aromatic rings. The predicted molar refractivity (Wildman–Crippen MR) is 143 cm³/mol. The number of ether oxygens (including phenoxy) is 1. The van der Waals surface area contributed by atoms with E-state index in [0.29, 0.717) is 35.9 Å². The summed E-state index contributed by atoms with van der Waals surface area (Å²) >= 11 is 0. The van der Waals surface area contributed by atoms with E-state index in [2.05, 4.69) is 61.5 Å². The highest BCUT2D eigenvalue weighted by Crippen LogP contribution is 2.75. The summed E-state index contributed by atoms with van der Waals surface area (Å²) in [6, 6.07) is 0. The number of Topliss-reactive ketones (excluding diaryl/α,β-unsaturated/α-hetero) is 1. The van der Waals surface area contributed by atoms with Gasteiger partial charge in [-0.25, -0.2) is 0 Å². The molecule has 0 spiro atoms. The van der Waals surface area contributed by atoms with Crippen LogP contribution in [0, 0.1) is 51.2 Å². The van der Waals surface area contributed by atoms with E-state index in [1.165, 1.54) is 0 Å². The number of fused-ring (bicyclic) bond motifs is 5. The number of carbonyl (C=O) groups excluding carboxylic acids is 1. The average Bonchev–Trinajstić information content (AvgIpc) is 3.23. The van der Waals surface area contributed by atoms with Gasteiger partial charge in [-0.3, -0.25) is 4.79 Å². The SMILES string of the molecule is CC1C=C2C(C[C@H](C)C3C(C)(C)C(=O)CC[C@]23C)[C@]2(C)C[C@H](O)[C@H]([C@@]3(C)CC[C@@H](C(C)(C)O)O3)[C@@]12C. The first-order valence-electron chi connectivity index (χ1n) is 14.7. The topological polar surface area (TPSA) is 66.8 Å². The number of hydrogen-bond acceptors (Lipinski definition) is 4. The third kappa shape index (κ3) is 3.19. The molecule has 204 valence electrons. The third-order valence-corrected chi connectivity index (χ3v) is 13.1. The highest BCUT2D eigenvalue weighted by molar-refractivity contribution is 5.85. The Morgan fingerprint density at radius 2 is 1.67 bits per heavy atom. The molecule has 36 heavy (non-hydrogen) atoms. The molecule has 3 unspecified atom stereocenters. The minimum absolute atomic E-state index is 0.0142. The van der Waals surface area contributed by atoms with Crippen LogP contribution in [0.4, 0.5) is 0 Å². The van der Waals surface area contributed by atoms with Gasteiger partial charge in [0.05, 0.1) is 23.4 Å². The molecule has 4 nitrogen and oxygen atoms in total. The molecule has 1 saturated heterocycles. The maximum absolute atomic E-state index is 13.1. The Kier molecular flexibility index (Phi) is 5.74. The van der Waals surface area contributed by atoms with E-state index in [4.69, 9.17) is 4.74 Å². The largest absolute Gasteiger partial charge is 0.393 e. The molecule has 0 amide bonds. The molecule has 1 heterocycles. The second-order valence-corrected chi connectivity index (χ2v) is 15.8. The predicted octanol–water partition coefficient (Wildman–Crippen LogP) is 6.33. The van der Waals surface area contributed by atoms with E-state index in [0.717, 1.165) is 32.1 Å². The minimum atomic E-state index is -0.885. The van der Waals surface area contributed by atoms with Gasteiger partial charge in [-0.15, -0.1) is 0 Å². The highest BCUT2D eigenvalue weighted by Gasteiger charge is 2.72. The fourth-order valence-corrected chi connectivity index (χ4v) is 11.3. The van der Waals surface area contributed by atoms with Crippen molar-refractivity contribution in [1.29, 1.82) is 0 Å². The van der Waals surface area contributed by atoms with Gasteiger partial charge in [0.2, 0.25) is 0 Å². The fraction of sp³-hybridized carbons (Fsp3) is 0.906. The van der Waals surface area contributed by atoms with E-state index in [9.17, 15) is 15.0 Å². The van der Waals surface area contributed by atoms with E-state index in [1.807, 2.05) is 13.8 Å². The molecule has 0 radical (unpaired) electrons. The number of carbonyl (C=O) groups is 1. The molecule has 2 N–H and O–H groups in total. The Hall–Kier alpha value is -0.710. The summed E-state index contributed by atoms with van der Waals surface area (Å²) in [6.45, 7) is 22.4. The van der Waals surface area contributed by atoms with Gasteiger partial charge in [-0.2, -0.15) is 0 Å². The summed E-state index contributed by atoms with van der Waals surface area (Å²) in [5.41, 5.74) is -0.190. The molecule has 3 saturated carbocycles. The van der Waals surface area contributed by atoms with Gasteiger partial charge in [0.1, 0.15) is 5.78 Å². The molecular weight excluding hydrogens is 448 g/mol. The van der Waals surface area contributed by atoms with E-state index in [-0.39, 0.29) is 33.7 Å². The maximum atomic E-state index is 13.1. The number of hydrogen-bond donors (Lipinski definition) is 2. The maximum Gasteiger partial charge on any atom is 0.138 e. The molecule has 4 aliphatic carbocycles. The van der Waals surface area contributed by atoms with Crippen molar-refractivity contribution in [2.75, 3.05) is 0 Å². The minimum Gasteiger partial charge on any atom is -0.393 e. The lowest BCUT2D eigenvalue weighted by molar-refractivity contribution is -0.183. The number of aliphatic hydroxyl groups is 2. The molecular formula is C32H52O4. The van der Waals surface area contributed by atoms with Crippen LogP contribution >= 0.6 is 0 Å². The van der Waals surface area contributed by atoms with Gasteiger partial charge in [0.15, 0.2) is 0 Å². The summed E-state index contributed by atoms with van der Waals surface area (Å²) in [5.74, 6) is 1.97. The average molecular weight is 501 g/mol. The molecule has 1 aliphatic heterocycles. The van der Waals surface area contributed by atoms with Crippen LogP contribution in [0.25, 0.3) is 0 Å². The smallest absolute Gasteiger partial charge is 0.138 e. The Labute approximate surface area is 219 Å². The van der Waals surface area contributed by atoms with E-state index in [1.54, 1.807) is 5.57 Å². The van der Waals surface area contributed by atoms with Crippen LogP contribution in [0.5, 0.6) is 0 Å². The van der Waals surface area contributed by atoms with Crippen molar-refractivity contribution in [2.24, 2.45) is 51.2 Å². The van der Waals surface area contributed by atoms with Crippen LogP contribution in [0.3, 0.4) is 0 Å². The Morgan fingerprint density at radius 3 is 2.25 bits per heavy atom. The van der Waals surface area contributed by atoms with Gasteiger partial charge < -0.3 is 14.9 Å². The van der Waals surface area contributed by atoms with Gasteiger partial charge in [-0.1, -0.05) is 60.1 Å². The van der Waals surface area contributed by atoms with E-state index < -0.39 is 17.3 Å². The molecule has 0 aromatic carbocycles. The van der Waals surface area contributed by atoms with Crippen LogP contribution in [0.15, 0.2) is 11.6 Å². The zero-order chi connectivity index (χ0) is 26.9. The molecule has 11 atom stereocenters. The van der Waals surface area contributed by atoms with Crippen LogP contribution < -0.4 is 0 Å². The monoisotopic (exact) mass is 500 g/mol. The third-order valence-electron chi connectivity index (χ3n) is 13.1. The van der Waals surface area contributed by atoms with Gasteiger partial charge in [0.25, 0.3) is 0 Å². The first-order valence-corrected chi connectivity index (χ1v) is 14.7. The highest BCUT2D eigenvalue weighted by atomic mass is 16.5. The van der Waals surface area contributed by atoms with Gasteiger partial charge in [0, 0.05) is 17.8 Å². The van der Waals surface area contributed by atoms with E-state index >= 15 is 0 Å². The van der Waals surface area contributed by atoms with Crippen molar-refractivity contribution in [2.45, 2.75) is 131 Å². The Balaban J connectivity index is 1.60. The summed E-state index contributed by atoms with van der Waals surface area (Å²) in [6.07, 6.45) is 7.17. The van der Waals surface area contributed by atoms with Crippen LogP contribution in [-0.4, -0.2) is 39.4 Å². The van der Waals surface area contributed by atoms with Crippen molar-refractivity contribution in [1.82, 2.24) is 0 Å². The van der Waals surface area contributed by atoms with Crippen molar-refractivity contribution >= 4 is 5.78 Å². The second kappa shape index (κ2) is 7.69. The Morgan fingerprint density at radius 1 is 1.03 bits per heavy atom. The lowest BCUT2D eigenvalue weighted by Gasteiger charge is -2.66.